The minimum atomic E-state index is 0.0208. The predicted molar refractivity (Wildman–Crippen MR) is 55.3 cm³/mol. The van der Waals surface area contributed by atoms with Crippen molar-refractivity contribution in [2.24, 2.45) is 7.05 Å². The Morgan fingerprint density at radius 2 is 2.07 bits per heavy atom. The van der Waals surface area contributed by atoms with Crippen molar-refractivity contribution in [3.63, 3.8) is 0 Å². The Kier molecular flexibility index (Phi) is 2.79. The Morgan fingerprint density at radius 3 is 2.50 bits per heavy atom. The molecule has 0 spiro atoms. The van der Waals surface area contributed by atoms with Crippen LogP contribution in [-0.2, 0) is 7.05 Å². The van der Waals surface area contributed by atoms with Crippen LogP contribution >= 0.6 is 0 Å². The minimum absolute atomic E-state index is 0.0208. The van der Waals surface area contributed by atoms with Gasteiger partial charge in [-0.1, -0.05) is 0 Å². The third-order valence-electron chi connectivity index (χ3n) is 2.48. The molecule has 76 valence electrons. The van der Waals surface area contributed by atoms with E-state index in [4.69, 9.17) is 4.74 Å². The van der Waals surface area contributed by atoms with Gasteiger partial charge in [-0.2, -0.15) is 4.57 Å². The highest BCUT2D eigenvalue weighted by molar-refractivity contribution is 5.56. The molecular formula is C11H16NO2+. The molecule has 0 bridgehead atoms. The Bertz CT molecular complexity index is 383. The first-order chi connectivity index (χ1) is 6.49. The molecule has 1 aromatic rings. The van der Waals surface area contributed by atoms with E-state index in [9.17, 15) is 5.11 Å². The van der Waals surface area contributed by atoms with E-state index in [2.05, 4.69) is 6.58 Å². The third-order valence-corrected chi connectivity index (χ3v) is 2.48. The van der Waals surface area contributed by atoms with E-state index in [0.29, 0.717) is 11.4 Å². The summed E-state index contributed by atoms with van der Waals surface area (Å²) < 4.78 is 7.05. The Balaban J connectivity index is 3.53. The number of rotatable bonds is 2. The van der Waals surface area contributed by atoms with E-state index >= 15 is 0 Å². The molecule has 0 amide bonds. The topological polar surface area (TPSA) is 33.3 Å². The summed E-state index contributed by atoms with van der Waals surface area (Å²) in [6.45, 7) is 7.51. The second-order valence-corrected chi connectivity index (χ2v) is 3.34. The van der Waals surface area contributed by atoms with Crippen molar-refractivity contribution in [2.45, 2.75) is 13.8 Å². The summed E-state index contributed by atoms with van der Waals surface area (Å²) in [5.74, 6) is 0.663. The van der Waals surface area contributed by atoms with E-state index in [-0.39, 0.29) is 5.76 Å². The number of aryl methyl sites for hydroxylation is 1. The summed E-state index contributed by atoms with van der Waals surface area (Å²) in [7, 11) is 3.46. The number of hydrogen-bond donors (Lipinski definition) is 1. The molecule has 0 fully saturated rings. The summed E-state index contributed by atoms with van der Waals surface area (Å²) in [4.78, 5) is 0. The highest BCUT2D eigenvalue weighted by Gasteiger charge is 2.21. The molecule has 1 aromatic heterocycles. The van der Waals surface area contributed by atoms with Gasteiger partial charge in [0.25, 0.3) is 5.69 Å². The SMILES string of the molecule is C=C(O)c1c(OC)cc(C)c(C)[n+]1C. The number of nitrogens with zero attached hydrogens (tertiary/aromatic N) is 1. The van der Waals surface area contributed by atoms with Crippen LogP contribution in [0.3, 0.4) is 0 Å². The number of methoxy groups -OCH3 is 1. The van der Waals surface area contributed by atoms with Crippen LogP contribution in [0.5, 0.6) is 5.75 Å². The van der Waals surface area contributed by atoms with Crippen molar-refractivity contribution in [1.29, 1.82) is 0 Å². The smallest absolute Gasteiger partial charge is 0.289 e. The zero-order valence-corrected chi connectivity index (χ0v) is 9.09. The lowest BCUT2D eigenvalue weighted by molar-refractivity contribution is -0.681. The molecule has 0 saturated carbocycles. The zero-order chi connectivity index (χ0) is 10.9. The highest BCUT2D eigenvalue weighted by atomic mass is 16.5. The van der Waals surface area contributed by atoms with E-state index < -0.39 is 0 Å². The molecule has 1 N–H and O–H groups in total. The first kappa shape index (κ1) is 10.6. The molecular weight excluding hydrogens is 178 g/mol. The quantitative estimate of drug-likeness (QED) is 0.574. The molecule has 1 rings (SSSR count). The van der Waals surface area contributed by atoms with Gasteiger partial charge in [-0.15, -0.1) is 0 Å². The molecule has 0 aliphatic carbocycles. The summed E-state index contributed by atoms with van der Waals surface area (Å²) >= 11 is 0. The van der Waals surface area contributed by atoms with Gasteiger partial charge in [0, 0.05) is 12.5 Å². The molecule has 0 unspecified atom stereocenters. The van der Waals surface area contributed by atoms with Crippen molar-refractivity contribution in [3.05, 3.63) is 29.6 Å². The summed E-state index contributed by atoms with van der Waals surface area (Å²) in [6.07, 6.45) is 0. The lowest BCUT2D eigenvalue weighted by Gasteiger charge is -2.08. The molecule has 0 saturated heterocycles. The summed E-state index contributed by atoms with van der Waals surface area (Å²) in [5.41, 5.74) is 2.82. The van der Waals surface area contributed by atoms with Crippen molar-refractivity contribution in [2.75, 3.05) is 7.11 Å². The molecule has 1 heterocycles. The fraction of sp³-hybridized carbons (Fsp3) is 0.364. The van der Waals surface area contributed by atoms with Crippen LogP contribution in [-0.4, -0.2) is 12.2 Å². The van der Waals surface area contributed by atoms with Gasteiger partial charge in [0.2, 0.25) is 0 Å². The number of pyridine rings is 1. The second kappa shape index (κ2) is 3.70. The van der Waals surface area contributed by atoms with Crippen LogP contribution in [0.2, 0.25) is 0 Å². The van der Waals surface area contributed by atoms with Gasteiger partial charge in [0.05, 0.1) is 7.11 Å². The maximum atomic E-state index is 9.44. The maximum absolute atomic E-state index is 9.44. The van der Waals surface area contributed by atoms with Gasteiger partial charge in [0.15, 0.2) is 17.2 Å². The van der Waals surface area contributed by atoms with Crippen LogP contribution in [0.15, 0.2) is 12.6 Å². The average Bonchev–Trinajstić information content (AvgIpc) is 2.12. The van der Waals surface area contributed by atoms with Gasteiger partial charge in [0.1, 0.15) is 7.05 Å². The van der Waals surface area contributed by atoms with Gasteiger partial charge < -0.3 is 9.84 Å². The fourth-order valence-electron chi connectivity index (χ4n) is 1.46. The Labute approximate surface area is 84.3 Å². The highest BCUT2D eigenvalue weighted by Crippen LogP contribution is 2.22. The summed E-state index contributed by atoms with van der Waals surface area (Å²) in [6, 6.07) is 1.89. The third kappa shape index (κ3) is 1.58. The van der Waals surface area contributed by atoms with Crippen molar-refractivity contribution in [1.82, 2.24) is 0 Å². The molecule has 0 aliphatic rings. The standard InChI is InChI=1S/C11H15NO2/c1-7-6-10(14-5)11(9(3)13)12(4)8(7)2/h6H,3H2,1-2,4-5H3/p+1. The molecule has 0 aliphatic heterocycles. The van der Waals surface area contributed by atoms with Crippen LogP contribution < -0.4 is 9.30 Å². The van der Waals surface area contributed by atoms with E-state index in [1.54, 1.807) is 7.11 Å². The Morgan fingerprint density at radius 1 is 1.50 bits per heavy atom. The predicted octanol–water partition coefficient (Wildman–Crippen LogP) is 1.67. The molecule has 14 heavy (non-hydrogen) atoms. The second-order valence-electron chi connectivity index (χ2n) is 3.34. The van der Waals surface area contributed by atoms with E-state index in [1.165, 1.54) is 0 Å². The normalized spacial score (nSPS) is 10.0. The molecule has 3 nitrogen and oxygen atoms in total. The monoisotopic (exact) mass is 194 g/mol. The van der Waals surface area contributed by atoms with Gasteiger partial charge >= 0.3 is 0 Å². The minimum Gasteiger partial charge on any atom is -0.503 e. The van der Waals surface area contributed by atoms with Crippen LogP contribution in [0.1, 0.15) is 17.0 Å². The molecule has 0 aromatic carbocycles. The number of ether oxygens (including phenoxy) is 1. The number of aliphatic hydroxyl groups is 1. The summed E-state index contributed by atoms with van der Waals surface area (Å²) in [5, 5.41) is 9.44. The number of aliphatic hydroxyl groups excluding tert-OH is 1. The van der Waals surface area contributed by atoms with Crippen LogP contribution in [0.25, 0.3) is 5.76 Å². The maximum Gasteiger partial charge on any atom is 0.289 e. The molecule has 0 atom stereocenters. The zero-order valence-electron chi connectivity index (χ0n) is 9.09. The van der Waals surface area contributed by atoms with Crippen LogP contribution in [0.4, 0.5) is 0 Å². The van der Waals surface area contributed by atoms with Gasteiger partial charge in [-0.25, -0.2) is 0 Å². The van der Waals surface area contributed by atoms with E-state index in [1.807, 2.05) is 31.5 Å². The van der Waals surface area contributed by atoms with E-state index in [0.717, 1.165) is 11.3 Å². The van der Waals surface area contributed by atoms with Crippen molar-refractivity contribution >= 4 is 5.76 Å². The van der Waals surface area contributed by atoms with Crippen molar-refractivity contribution in [3.8, 4) is 5.75 Å². The molecule has 3 heteroatoms. The van der Waals surface area contributed by atoms with Crippen molar-refractivity contribution < 1.29 is 14.4 Å². The lowest BCUT2D eigenvalue weighted by atomic mass is 10.1. The average molecular weight is 194 g/mol. The lowest BCUT2D eigenvalue weighted by Crippen LogP contribution is -2.37. The van der Waals surface area contributed by atoms with Gasteiger partial charge in [-0.05, 0) is 19.6 Å². The Hall–Kier alpha value is -1.51. The fourth-order valence-corrected chi connectivity index (χ4v) is 1.46. The van der Waals surface area contributed by atoms with Crippen LogP contribution in [0, 0.1) is 13.8 Å². The number of hydrogen-bond acceptors (Lipinski definition) is 2. The molecule has 0 radical (unpaired) electrons. The number of aromatic nitrogens is 1. The first-order valence-electron chi connectivity index (χ1n) is 4.41. The first-order valence-corrected chi connectivity index (χ1v) is 4.41. The largest absolute Gasteiger partial charge is 0.503 e. The van der Waals surface area contributed by atoms with Gasteiger partial charge in [-0.3, -0.25) is 0 Å².